The number of pyridine rings is 1. The Labute approximate surface area is 119 Å². The zero-order valence-electron chi connectivity index (χ0n) is 11.1. The number of rotatable bonds is 3. The molecule has 2 N–H and O–H groups in total. The first-order valence-corrected chi connectivity index (χ1v) is 6.11. The van der Waals surface area contributed by atoms with Gasteiger partial charge in [0.25, 0.3) is 5.89 Å². The van der Waals surface area contributed by atoms with Crippen molar-refractivity contribution in [2.24, 2.45) is 0 Å². The van der Waals surface area contributed by atoms with Crippen LogP contribution in [0.1, 0.15) is 5.82 Å². The summed E-state index contributed by atoms with van der Waals surface area (Å²) in [6, 6.07) is 7.52. The Morgan fingerprint density at radius 3 is 2.81 bits per heavy atom. The Kier molecular flexibility index (Phi) is 3.23. The molecule has 3 rings (SSSR count). The van der Waals surface area contributed by atoms with Gasteiger partial charge in [0.15, 0.2) is 5.82 Å². The standard InChI is InChI=1S/C14H11FN4O2/c1-8-18-14(21-19-8)9-4-5-17-13(6-9)20-10-2-3-12(16)11(15)7-10/h2-7H,16H2,1H3. The fourth-order valence-corrected chi connectivity index (χ4v) is 1.70. The smallest absolute Gasteiger partial charge is 0.258 e. The topological polar surface area (TPSA) is 87.1 Å². The second-order valence-corrected chi connectivity index (χ2v) is 4.31. The molecule has 0 atom stereocenters. The molecule has 106 valence electrons. The molecule has 21 heavy (non-hydrogen) atoms. The summed E-state index contributed by atoms with van der Waals surface area (Å²) in [4.78, 5) is 8.17. The van der Waals surface area contributed by atoms with Crippen LogP contribution in [0.15, 0.2) is 41.1 Å². The van der Waals surface area contributed by atoms with Crippen LogP contribution >= 0.6 is 0 Å². The minimum atomic E-state index is -0.545. The van der Waals surface area contributed by atoms with E-state index >= 15 is 0 Å². The zero-order chi connectivity index (χ0) is 14.8. The predicted molar refractivity (Wildman–Crippen MR) is 73.2 cm³/mol. The molecule has 0 aliphatic heterocycles. The van der Waals surface area contributed by atoms with E-state index < -0.39 is 5.82 Å². The maximum atomic E-state index is 13.4. The molecule has 0 bridgehead atoms. The number of nitrogen functional groups attached to an aromatic ring is 1. The van der Waals surface area contributed by atoms with Crippen LogP contribution in [0.5, 0.6) is 11.6 Å². The fraction of sp³-hybridized carbons (Fsp3) is 0.0714. The summed E-state index contributed by atoms with van der Waals surface area (Å²) in [5, 5.41) is 3.72. The number of aryl methyl sites for hydroxylation is 1. The van der Waals surface area contributed by atoms with Crippen LogP contribution in [-0.4, -0.2) is 15.1 Å². The van der Waals surface area contributed by atoms with Crippen molar-refractivity contribution in [2.75, 3.05) is 5.73 Å². The van der Waals surface area contributed by atoms with Gasteiger partial charge in [0, 0.05) is 23.9 Å². The van der Waals surface area contributed by atoms with Crippen molar-refractivity contribution >= 4 is 5.69 Å². The highest BCUT2D eigenvalue weighted by Gasteiger charge is 2.09. The third-order valence-corrected chi connectivity index (χ3v) is 2.70. The summed E-state index contributed by atoms with van der Waals surface area (Å²) in [5.74, 6) is 0.935. The van der Waals surface area contributed by atoms with Crippen molar-refractivity contribution in [3.63, 3.8) is 0 Å². The van der Waals surface area contributed by atoms with E-state index in [9.17, 15) is 4.39 Å². The monoisotopic (exact) mass is 286 g/mol. The van der Waals surface area contributed by atoms with Crippen LogP contribution in [0.2, 0.25) is 0 Å². The van der Waals surface area contributed by atoms with Gasteiger partial charge < -0.3 is 15.0 Å². The number of hydrogen-bond donors (Lipinski definition) is 1. The van der Waals surface area contributed by atoms with E-state index in [0.717, 1.165) is 0 Å². The van der Waals surface area contributed by atoms with Crippen LogP contribution in [0, 0.1) is 12.7 Å². The van der Waals surface area contributed by atoms with Gasteiger partial charge in [-0.1, -0.05) is 5.16 Å². The maximum Gasteiger partial charge on any atom is 0.258 e. The molecule has 0 amide bonds. The number of anilines is 1. The Balaban J connectivity index is 1.87. The number of benzene rings is 1. The Morgan fingerprint density at radius 1 is 1.24 bits per heavy atom. The van der Waals surface area contributed by atoms with Gasteiger partial charge in [0.05, 0.1) is 5.69 Å². The molecule has 0 fully saturated rings. The van der Waals surface area contributed by atoms with Crippen molar-refractivity contribution < 1.29 is 13.7 Å². The molecule has 0 aliphatic carbocycles. The molecular formula is C14H11FN4O2. The summed E-state index contributed by atoms with van der Waals surface area (Å²) in [6.07, 6.45) is 1.54. The van der Waals surface area contributed by atoms with Crippen LogP contribution in [0.4, 0.5) is 10.1 Å². The van der Waals surface area contributed by atoms with Gasteiger partial charge >= 0.3 is 0 Å². The van der Waals surface area contributed by atoms with E-state index in [2.05, 4.69) is 15.1 Å². The first kappa shape index (κ1) is 13.0. The highest BCUT2D eigenvalue weighted by molar-refractivity contribution is 5.54. The van der Waals surface area contributed by atoms with Crippen molar-refractivity contribution in [3.8, 4) is 23.1 Å². The van der Waals surface area contributed by atoms with Gasteiger partial charge in [-0.2, -0.15) is 4.98 Å². The lowest BCUT2D eigenvalue weighted by molar-refractivity contribution is 0.424. The molecule has 2 aromatic heterocycles. The van der Waals surface area contributed by atoms with Crippen LogP contribution in [-0.2, 0) is 0 Å². The maximum absolute atomic E-state index is 13.4. The van der Waals surface area contributed by atoms with Crippen molar-refractivity contribution in [3.05, 3.63) is 48.2 Å². The Morgan fingerprint density at radius 2 is 2.10 bits per heavy atom. The zero-order valence-corrected chi connectivity index (χ0v) is 11.1. The number of nitrogens with two attached hydrogens (primary N) is 1. The van der Waals surface area contributed by atoms with E-state index in [0.29, 0.717) is 23.0 Å². The van der Waals surface area contributed by atoms with Gasteiger partial charge in [0.1, 0.15) is 11.6 Å². The minimum absolute atomic E-state index is 0.0606. The molecule has 3 aromatic rings. The summed E-state index contributed by atoms with van der Waals surface area (Å²) in [6.45, 7) is 1.72. The number of ether oxygens (including phenoxy) is 1. The predicted octanol–water partition coefficient (Wildman–Crippen LogP) is 2.95. The van der Waals surface area contributed by atoms with Gasteiger partial charge in [-0.05, 0) is 25.1 Å². The Bertz CT molecular complexity index is 788. The number of hydrogen-bond acceptors (Lipinski definition) is 6. The van der Waals surface area contributed by atoms with Crippen LogP contribution in [0.25, 0.3) is 11.5 Å². The molecule has 7 heteroatoms. The second kappa shape index (κ2) is 5.20. The lowest BCUT2D eigenvalue weighted by Gasteiger charge is -2.06. The largest absolute Gasteiger partial charge is 0.439 e. The van der Waals surface area contributed by atoms with E-state index in [1.54, 1.807) is 25.1 Å². The highest BCUT2D eigenvalue weighted by Crippen LogP contribution is 2.26. The molecule has 0 saturated heterocycles. The molecule has 0 unspecified atom stereocenters. The average Bonchev–Trinajstić information content (AvgIpc) is 2.90. The summed E-state index contributed by atoms with van der Waals surface area (Å²) >= 11 is 0. The molecule has 1 aromatic carbocycles. The molecular weight excluding hydrogens is 275 g/mol. The van der Waals surface area contributed by atoms with Gasteiger partial charge in [0.2, 0.25) is 5.88 Å². The summed E-state index contributed by atoms with van der Waals surface area (Å²) in [7, 11) is 0. The summed E-state index contributed by atoms with van der Waals surface area (Å²) in [5.41, 5.74) is 6.13. The molecule has 2 heterocycles. The van der Waals surface area contributed by atoms with Crippen molar-refractivity contribution in [2.45, 2.75) is 6.92 Å². The van der Waals surface area contributed by atoms with Crippen molar-refractivity contribution in [1.82, 2.24) is 15.1 Å². The third kappa shape index (κ3) is 2.81. The second-order valence-electron chi connectivity index (χ2n) is 4.31. The van der Waals surface area contributed by atoms with Crippen LogP contribution < -0.4 is 10.5 Å². The lowest BCUT2D eigenvalue weighted by atomic mass is 10.2. The quantitative estimate of drug-likeness (QED) is 0.745. The SMILES string of the molecule is Cc1noc(-c2ccnc(Oc3ccc(N)c(F)c3)c2)n1. The number of halogens is 1. The third-order valence-electron chi connectivity index (χ3n) is 2.70. The molecule has 0 aliphatic rings. The van der Waals surface area contributed by atoms with Gasteiger partial charge in [-0.25, -0.2) is 9.37 Å². The molecule has 0 radical (unpaired) electrons. The highest BCUT2D eigenvalue weighted by atomic mass is 19.1. The number of nitrogens with zero attached hydrogens (tertiary/aromatic N) is 3. The summed E-state index contributed by atoms with van der Waals surface area (Å²) < 4.78 is 23.9. The number of aromatic nitrogens is 3. The fourth-order valence-electron chi connectivity index (χ4n) is 1.70. The van der Waals surface area contributed by atoms with Crippen LogP contribution in [0.3, 0.4) is 0 Å². The van der Waals surface area contributed by atoms with E-state index in [1.165, 1.54) is 18.3 Å². The van der Waals surface area contributed by atoms with Gasteiger partial charge in [-0.15, -0.1) is 0 Å². The first-order chi connectivity index (χ1) is 10.1. The van der Waals surface area contributed by atoms with Crippen molar-refractivity contribution in [1.29, 1.82) is 0 Å². The van der Waals surface area contributed by atoms with Gasteiger partial charge in [-0.3, -0.25) is 0 Å². The molecule has 6 nitrogen and oxygen atoms in total. The first-order valence-electron chi connectivity index (χ1n) is 6.11. The average molecular weight is 286 g/mol. The normalized spacial score (nSPS) is 10.6. The Hall–Kier alpha value is -2.96. The molecule has 0 saturated carbocycles. The lowest BCUT2D eigenvalue weighted by Crippen LogP contribution is -1.93. The van der Waals surface area contributed by atoms with E-state index in [4.69, 9.17) is 15.0 Å². The van der Waals surface area contributed by atoms with E-state index in [1.807, 2.05) is 0 Å². The van der Waals surface area contributed by atoms with E-state index in [-0.39, 0.29) is 11.6 Å². The molecule has 0 spiro atoms. The minimum Gasteiger partial charge on any atom is -0.439 e.